The van der Waals surface area contributed by atoms with Gasteiger partial charge in [0.05, 0.1) is 17.4 Å². The van der Waals surface area contributed by atoms with E-state index >= 15 is 0 Å². The number of hydrogen-bond acceptors (Lipinski definition) is 4. The second-order valence-corrected chi connectivity index (χ2v) is 7.14. The molecule has 1 amide bonds. The molecule has 0 bridgehead atoms. The third kappa shape index (κ3) is 3.95. The monoisotopic (exact) mass is 401 g/mol. The highest BCUT2D eigenvalue weighted by Crippen LogP contribution is 2.21. The van der Waals surface area contributed by atoms with Crippen LogP contribution in [0.25, 0.3) is 10.9 Å². The van der Waals surface area contributed by atoms with Gasteiger partial charge in [-0.2, -0.15) is 5.10 Å². The largest absolute Gasteiger partial charge is 0.320 e. The molecule has 0 saturated carbocycles. The fourth-order valence-electron chi connectivity index (χ4n) is 3.70. The highest BCUT2D eigenvalue weighted by atomic mass is 35.5. The smallest absolute Gasteiger partial charge is 0.263 e. The highest BCUT2D eigenvalue weighted by molar-refractivity contribution is 6.08. The van der Waals surface area contributed by atoms with Crippen molar-refractivity contribution in [2.75, 3.05) is 18.4 Å². The number of hydrogen-bond donors (Lipinski definition) is 3. The zero-order chi connectivity index (χ0) is 18.8. The number of aromatic amines is 1. The molecule has 8 heteroatoms. The first-order valence-corrected chi connectivity index (χ1v) is 9.27. The Morgan fingerprint density at radius 2 is 2.21 bits per heavy atom. The summed E-state index contributed by atoms with van der Waals surface area (Å²) in [4.78, 5) is 25.9. The molecule has 1 aliphatic rings. The maximum Gasteiger partial charge on any atom is 0.263 e. The van der Waals surface area contributed by atoms with Gasteiger partial charge in [-0.1, -0.05) is 12.1 Å². The van der Waals surface area contributed by atoms with Gasteiger partial charge in [0, 0.05) is 18.1 Å². The lowest BCUT2D eigenvalue weighted by molar-refractivity contribution is 0.102. The van der Waals surface area contributed by atoms with E-state index in [9.17, 15) is 9.59 Å². The predicted octanol–water partition coefficient (Wildman–Crippen LogP) is 2.71. The number of halogens is 1. The summed E-state index contributed by atoms with van der Waals surface area (Å²) in [5.74, 6) is 0.0181. The van der Waals surface area contributed by atoms with E-state index in [-0.39, 0.29) is 23.5 Å². The van der Waals surface area contributed by atoms with Gasteiger partial charge >= 0.3 is 0 Å². The molecular formula is C20H24ClN5O2. The van der Waals surface area contributed by atoms with Gasteiger partial charge in [0.15, 0.2) is 0 Å². The van der Waals surface area contributed by atoms with Crippen LogP contribution >= 0.6 is 12.4 Å². The molecule has 1 atom stereocenters. The predicted molar refractivity (Wildman–Crippen MR) is 112 cm³/mol. The Labute approximate surface area is 168 Å². The molecule has 0 radical (unpaired) electrons. The minimum absolute atomic E-state index is 0. The van der Waals surface area contributed by atoms with Crippen molar-refractivity contribution in [1.29, 1.82) is 0 Å². The molecule has 3 aromatic rings. The number of rotatable bonds is 4. The van der Waals surface area contributed by atoms with Crippen LogP contribution in [0.3, 0.4) is 0 Å². The molecule has 2 aromatic heterocycles. The molecule has 7 nitrogen and oxygen atoms in total. The summed E-state index contributed by atoms with van der Waals surface area (Å²) in [6.07, 6.45) is 5.70. The normalized spacial score (nSPS) is 16.5. The second-order valence-electron chi connectivity index (χ2n) is 7.14. The van der Waals surface area contributed by atoms with Crippen molar-refractivity contribution in [3.63, 3.8) is 0 Å². The minimum atomic E-state index is -0.393. The quantitative estimate of drug-likeness (QED) is 0.626. The summed E-state index contributed by atoms with van der Waals surface area (Å²) in [7, 11) is 0. The number of carbonyl (C=O) groups is 1. The number of amides is 1. The van der Waals surface area contributed by atoms with Crippen LogP contribution in [0.5, 0.6) is 0 Å². The number of H-pyrrole nitrogens is 1. The molecule has 1 saturated heterocycles. The number of nitrogens with zero attached hydrogens (tertiary/aromatic N) is 2. The Kier molecular flexibility index (Phi) is 6.16. The fourth-order valence-corrected chi connectivity index (χ4v) is 3.70. The zero-order valence-corrected chi connectivity index (χ0v) is 16.5. The number of aromatic nitrogens is 3. The summed E-state index contributed by atoms with van der Waals surface area (Å²) < 4.78 is 1.66. The van der Waals surface area contributed by atoms with Crippen LogP contribution in [0.15, 0.2) is 41.5 Å². The molecule has 0 aliphatic carbocycles. The van der Waals surface area contributed by atoms with Crippen molar-refractivity contribution in [3.05, 3.63) is 58.1 Å². The number of para-hydroxylation sites is 1. The molecule has 1 aliphatic heterocycles. The maximum absolute atomic E-state index is 13.0. The van der Waals surface area contributed by atoms with E-state index in [1.165, 1.54) is 0 Å². The van der Waals surface area contributed by atoms with E-state index < -0.39 is 5.91 Å². The van der Waals surface area contributed by atoms with Crippen LogP contribution in [-0.2, 0) is 6.54 Å². The first-order valence-electron chi connectivity index (χ1n) is 9.27. The fraction of sp³-hybridized carbons (Fsp3) is 0.350. The number of piperidine rings is 1. The van der Waals surface area contributed by atoms with E-state index in [1.54, 1.807) is 30.0 Å². The lowest BCUT2D eigenvalue weighted by Crippen LogP contribution is -2.36. The first kappa shape index (κ1) is 20.1. The van der Waals surface area contributed by atoms with Crippen molar-refractivity contribution in [2.45, 2.75) is 26.3 Å². The van der Waals surface area contributed by atoms with E-state index in [0.717, 1.165) is 36.8 Å². The summed E-state index contributed by atoms with van der Waals surface area (Å²) in [5.41, 5.74) is 1.98. The molecular weight excluding hydrogens is 378 g/mol. The number of fused-ring (bicyclic) bond motifs is 1. The van der Waals surface area contributed by atoms with Crippen LogP contribution in [0.1, 0.15) is 28.8 Å². The van der Waals surface area contributed by atoms with Crippen molar-refractivity contribution in [1.82, 2.24) is 20.1 Å². The van der Waals surface area contributed by atoms with Gasteiger partial charge in [-0.15, -0.1) is 12.4 Å². The molecule has 1 unspecified atom stereocenters. The van der Waals surface area contributed by atoms with Crippen LogP contribution in [0, 0.1) is 12.8 Å². The van der Waals surface area contributed by atoms with E-state index in [4.69, 9.17) is 0 Å². The minimum Gasteiger partial charge on any atom is -0.320 e. The summed E-state index contributed by atoms with van der Waals surface area (Å²) in [6, 6.07) is 7.39. The van der Waals surface area contributed by atoms with Gasteiger partial charge in [0.25, 0.3) is 11.5 Å². The number of aryl methyl sites for hydroxylation is 1. The molecule has 3 N–H and O–H groups in total. The van der Waals surface area contributed by atoms with Gasteiger partial charge in [-0.25, -0.2) is 0 Å². The number of carbonyl (C=O) groups excluding carboxylic acids is 1. The number of benzene rings is 1. The Bertz CT molecular complexity index is 1040. The first-order chi connectivity index (χ1) is 13.1. The van der Waals surface area contributed by atoms with Crippen molar-refractivity contribution in [2.24, 2.45) is 5.92 Å². The Morgan fingerprint density at radius 3 is 3.00 bits per heavy atom. The van der Waals surface area contributed by atoms with Gasteiger partial charge in [0.2, 0.25) is 0 Å². The van der Waals surface area contributed by atoms with Crippen LogP contribution in [0.4, 0.5) is 5.69 Å². The molecule has 1 aromatic carbocycles. The standard InChI is InChI=1S/C20H23N5O2.ClH/c1-13-7-9-25(12-14-4-3-8-21-10-14)20(27)17(13)19(26)23-16-6-2-5-15-11-22-24-18(15)16;/h2,5-7,9,11,14,21H,3-4,8,10,12H2,1H3,(H,22,24)(H,23,26);1H. The third-order valence-electron chi connectivity index (χ3n) is 5.18. The number of pyridine rings is 1. The third-order valence-corrected chi connectivity index (χ3v) is 5.18. The van der Waals surface area contributed by atoms with E-state index in [1.807, 2.05) is 18.2 Å². The lowest BCUT2D eigenvalue weighted by atomic mass is 9.99. The molecule has 1 fully saturated rings. The average Bonchev–Trinajstić information content (AvgIpc) is 3.15. The number of anilines is 1. The van der Waals surface area contributed by atoms with Crippen LogP contribution < -0.4 is 16.2 Å². The summed E-state index contributed by atoms with van der Waals surface area (Å²) in [5, 5.41) is 14.0. The lowest BCUT2D eigenvalue weighted by Gasteiger charge is -2.23. The molecule has 148 valence electrons. The molecule has 4 rings (SSSR count). The van der Waals surface area contributed by atoms with Gasteiger partial charge in [-0.3, -0.25) is 14.7 Å². The zero-order valence-electron chi connectivity index (χ0n) is 15.7. The molecule has 3 heterocycles. The maximum atomic E-state index is 13.0. The van der Waals surface area contributed by atoms with E-state index in [2.05, 4.69) is 20.8 Å². The van der Waals surface area contributed by atoms with Crippen LogP contribution in [-0.4, -0.2) is 33.8 Å². The van der Waals surface area contributed by atoms with Crippen molar-refractivity contribution >= 4 is 34.9 Å². The second kappa shape index (κ2) is 8.58. The van der Waals surface area contributed by atoms with Gasteiger partial charge in [0.1, 0.15) is 5.56 Å². The van der Waals surface area contributed by atoms with Crippen molar-refractivity contribution < 1.29 is 4.79 Å². The highest BCUT2D eigenvalue weighted by Gasteiger charge is 2.19. The van der Waals surface area contributed by atoms with Crippen molar-refractivity contribution in [3.8, 4) is 0 Å². The topological polar surface area (TPSA) is 91.8 Å². The van der Waals surface area contributed by atoms with Gasteiger partial charge < -0.3 is 15.2 Å². The number of nitrogens with one attached hydrogen (secondary N) is 3. The average molecular weight is 402 g/mol. The Morgan fingerprint density at radius 1 is 1.36 bits per heavy atom. The summed E-state index contributed by atoms with van der Waals surface area (Å²) in [6.45, 7) is 4.36. The molecule has 28 heavy (non-hydrogen) atoms. The SMILES string of the molecule is Cc1ccn(CC2CCCNC2)c(=O)c1C(=O)Nc1cccc2cn[nH]c12.Cl. The Hall–Kier alpha value is -2.64. The Balaban J connectivity index is 0.00000225. The van der Waals surface area contributed by atoms with Gasteiger partial charge in [-0.05, 0) is 56.5 Å². The van der Waals surface area contributed by atoms with Crippen LogP contribution in [0.2, 0.25) is 0 Å². The molecule has 0 spiro atoms. The van der Waals surface area contributed by atoms with E-state index in [0.29, 0.717) is 23.7 Å². The summed E-state index contributed by atoms with van der Waals surface area (Å²) >= 11 is 0.